The van der Waals surface area contributed by atoms with Gasteiger partial charge in [0.2, 0.25) is 13.4 Å². The topological polar surface area (TPSA) is 0 Å². The predicted octanol–water partition coefficient (Wildman–Crippen LogP) is 16.8. The van der Waals surface area contributed by atoms with Crippen LogP contribution in [0.5, 0.6) is 0 Å². The lowest BCUT2D eigenvalue weighted by Gasteiger charge is -2.34. The summed E-state index contributed by atoms with van der Waals surface area (Å²) < 4.78 is 2.59. The van der Waals surface area contributed by atoms with E-state index in [0.29, 0.717) is 35.5 Å². The van der Waals surface area contributed by atoms with E-state index >= 15 is 0 Å². The summed E-state index contributed by atoms with van der Waals surface area (Å²) in [6.45, 7) is 29.2. The first kappa shape index (κ1) is 47.3. The number of hydrogen-bond acceptors (Lipinski definition) is 0. The summed E-state index contributed by atoms with van der Waals surface area (Å²) in [4.78, 5) is 0. The molecule has 0 radical (unpaired) electrons. The van der Waals surface area contributed by atoms with Gasteiger partial charge in [0.1, 0.15) is 0 Å². The van der Waals surface area contributed by atoms with Gasteiger partial charge >= 0.3 is 0 Å². The van der Waals surface area contributed by atoms with Crippen molar-refractivity contribution in [1.82, 2.24) is 0 Å². The molecule has 4 heteroatoms. The van der Waals surface area contributed by atoms with E-state index in [9.17, 15) is 0 Å². The largest absolute Gasteiger partial charge is 0.244 e. The van der Waals surface area contributed by atoms with E-state index in [4.69, 9.17) is 0 Å². The highest BCUT2D eigenvalue weighted by atomic mass is 127. The molecule has 0 amide bonds. The molecule has 0 N–H and O–H groups in total. The van der Waals surface area contributed by atoms with Gasteiger partial charge in [-0.2, -0.15) is 0 Å². The van der Waals surface area contributed by atoms with E-state index in [1.165, 1.54) is 172 Å². The van der Waals surface area contributed by atoms with Crippen LogP contribution in [0.15, 0.2) is 121 Å². The van der Waals surface area contributed by atoms with E-state index in [1.54, 1.807) is 0 Å². The van der Waals surface area contributed by atoms with Gasteiger partial charge < -0.3 is 0 Å². The third-order valence-corrected chi connectivity index (χ3v) is 19.4. The van der Waals surface area contributed by atoms with Gasteiger partial charge in [-0.1, -0.05) is 201 Å². The summed E-state index contributed by atoms with van der Waals surface area (Å²) in [5, 5.41) is 8.63. The lowest BCUT2D eigenvalue weighted by atomic mass is 9.34. The van der Waals surface area contributed by atoms with Gasteiger partial charge in [0.05, 0.1) is 0 Å². The van der Waals surface area contributed by atoms with Crippen LogP contribution in [0, 0.1) is 7.14 Å². The molecular weight excluding hydrogens is 1120 g/mol. The van der Waals surface area contributed by atoms with E-state index in [1.807, 2.05) is 0 Å². The molecule has 14 rings (SSSR count). The Bertz CT molecular complexity index is 3800. The van der Waals surface area contributed by atoms with Crippen molar-refractivity contribution in [2.45, 2.75) is 119 Å². The van der Waals surface area contributed by atoms with Crippen LogP contribution in [0.3, 0.4) is 0 Å². The molecule has 4 aliphatic rings. The molecule has 0 unspecified atom stereocenters. The normalized spacial score (nSPS) is 13.7. The summed E-state index contributed by atoms with van der Waals surface area (Å²) in [6.07, 6.45) is 0. The van der Waals surface area contributed by atoms with Crippen LogP contribution >= 0.6 is 45.2 Å². The molecule has 74 heavy (non-hydrogen) atoms. The summed E-state index contributed by atoms with van der Waals surface area (Å²) in [6, 6.07) is 50.0. The second-order valence-corrected chi connectivity index (χ2v) is 26.9. The molecule has 4 heterocycles. The molecule has 10 aromatic carbocycles. The Labute approximate surface area is 467 Å². The van der Waals surface area contributed by atoms with Crippen LogP contribution in [0.2, 0.25) is 0 Å². The highest BCUT2D eigenvalue weighted by molar-refractivity contribution is 14.1. The minimum atomic E-state index is 0.130. The zero-order chi connectivity index (χ0) is 51.2. The fraction of sp³-hybridized carbons (Fsp3) is 0.257. The maximum Gasteiger partial charge on any atom is 0.244 e. The number of fused-ring (bicyclic) bond motifs is 10. The molecule has 4 aliphatic heterocycles. The Hall–Kier alpha value is -5.17. The smallest absolute Gasteiger partial charge is 0.0664 e. The fourth-order valence-corrected chi connectivity index (χ4v) is 16.0. The van der Waals surface area contributed by atoms with Gasteiger partial charge in [-0.25, -0.2) is 0 Å². The first-order chi connectivity index (χ1) is 35.5. The summed E-state index contributed by atoms with van der Waals surface area (Å²) in [7, 11) is 0. The highest BCUT2D eigenvalue weighted by Gasteiger charge is 2.45. The van der Waals surface area contributed by atoms with Gasteiger partial charge in [-0.15, -0.1) is 0 Å². The molecule has 0 atom stereocenters. The molecule has 0 spiro atoms. The predicted molar refractivity (Wildman–Crippen MR) is 342 cm³/mol. The lowest BCUT2D eigenvalue weighted by molar-refractivity contribution is 0.807. The van der Waals surface area contributed by atoms with Gasteiger partial charge in [-0.05, 0) is 250 Å². The molecule has 0 bridgehead atoms. The summed E-state index contributed by atoms with van der Waals surface area (Å²) in [5.41, 5.74) is 34.4. The van der Waals surface area contributed by atoms with Crippen molar-refractivity contribution in [3.8, 4) is 66.8 Å². The third-order valence-electron chi connectivity index (χ3n) is 18.2. The third kappa shape index (κ3) is 6.39. The summed E-state index contributed by atoms with van der Waals surface area (Å²) in [5.74, 6) is 2.19. The Morgan fingerprint density at radius 1 is 0.297 bits per heavy atom. The summed E-state index contributed by atoms with van der Waals surface area (Å²) >= 11 is 5.22. The Kier molecular flexibility index (Phi) is 10.7. The van der Waals surface area contributed by atoms with Crippen molar-refractivity contribution in [3.05, 3.63) is 162 Å². The van der Waals surface area contributed by atoms with E-state index in [-0.39, 0.29) is 13.4 Å². The number of hydrogen-bond donors (Lipinski definition) is 0. The van der Waals surface area contributed by atoms with Gasteiger partial charge in [0.25, 0.3) is 0 Å². The Morgan fingerprint density at radius 2 is 0.622 bits per heavy atom. The Morgan fingerprint density at radius 3 is 0.946 bits per heavy atom. The van der Waals surface area contributed by atoms with E-state index in [0.717, 1.165) is 0 Å². The number of halogens is 2. The van der Waals surface area contributed by atoms with Crippen molar-refractivity contribution in [3.63, 3.8) is 0 Å². The zero-order valence-electron chi connectivity index (χ0n) is 44.9. The van der Waals surface area contributed by atoms with Crippen molar-refractivity contribution in [2.24, 2.45) is 0 Å². The van der Waals surface area contributed by atoms with Gasteiger partial charge in [0, 0.05) is 7.14 Å². The van der Waals surface area contributed by atoms with Crippen LogP contribution < -0.4 is 32.8 Å². The van der Waals surface area contributed by atoms with E-state index in [2.05, 4.69) is 250 Å². The van der Waals surface area contributed by atoms with Crippen molar-refractivity contribution < 1.29 is 0 Å². The molecule has 0 fully saturated rings. The SMILES string of the molecule is CC(C)c1cc(C(C)C)c(-c2cc3c4c(cc5c(-c6c(C(C)C)cc(C(C)C)cc6C(C)C)cc6c7c(cc2c4c57)B2c4ccccc4-c4cc(I)cc-6c42)B2c4ccccc4-c4cc(I)cc-3c42)c(C(C)C)c1. The molecule has 0 aliphatic carbocycles. The molecule has 0 nitrogen and oxygen atoms in total. The van der Waals surface area contributed by atoms with Gasteiger partial charge in [0.15, 0.2) is 0 Å². The second-order valence-electron chi connectivity index (χ2n) is 24.4. The monoisotopic (exact) mass is 1180 g/mol. The molecule has 362 valence electrons. The molecular formula is C70H62B2I2. The minimum Gasteiger partial charge on any atom is -0.0664 e. The quantitative estimate of drug-likeness (QED) is 0.0808. The fourth-order valence-electron chi connectivity index (χ4n) is 14.8. The average molecular weight is 1180 g/mol. The average Bonchev–Trinajstić information content (AvgIpc) is 3.89. The van der Waals surface area contributed by atoms with Gasteiger partial charge in [-0.3, -0.25) is 0 Å². The van der Waals surface area contributed by atoms with Crippen LogP contribution in [-0.2, 0) is 0 Å². The van der Waals surface area contributed by atoms with Crippen LogP contribution in [0.4, 0.5) is 0 Å². The Balaban J connectivity index is 1.28. The lowest BCUT2D eigenvalue weighted by Crippen LogP contribution is -2.53. The molecule has 0 aromatic heterocycles. The standard InChI is InChI=1S/C70H62B2I2/c1-33(2)39-21-45(35(5)6)63(46(22-39)36(7)8)49-29-51-57-27-41(73)25-55-43-17-14-16-20-60(43)72(69(55)57)62-32-54-50(64-47(37(9)10)23-40(34(3)4)24-48(64)38(11)12)30-52-58-28-42(74)26-56-44-18-13-15-19-59(44)71(70(56)58)61-31-53(49)67(65(51)62)68(54)66(52)61/h13-38H,1-12H3. The van der Waals surface area contributed by atoms with Crippen molar-refractivity contribution in [2.75, 3.05) is 0 Å². The van der Waals surface area contributed by atoms with Crippen LogP contribution in [-0.4, -0.2) is 13.4 Å². The first-order valence-electron chi connectivity index (χ1n) is 27.6. The zero-order valence-corrected chi connectivity index (χ0v) is 49.2. The number of rotatable bonds is 8. The molecule has 0 saturated heterocycles. The number of benzene rings is 10. The van der Waals surface area contributed by atoms with E-state index < -0.39 is 0 Å². The minimum absolute atomic E-state index is 0.130. The molecule has 10 aromatic rings. The maximum atomic E-state index is 2.75. The second kappa shape index (κ2) is 16.7. The van der Waals surface area contributed by atoms with Crippen LogP contribution in [0.25, 0.3) is 99.1 Å². The van der Waals surface area contributed by atoms with Crippen LogP contribution in [0.1, 0.15) is 152 Å². The maximum absolute atomic E-state index is 2.75. The van der Waals surface area contributed by atoms with Crippen molar-refractivity contribution >= 4 is 124 Å². The first-order valence-corrected chi connectivity index (χ1v) is 29.8. The highest BCUT2D eigenvalue weighted by Crippen LogP contribution is 2.54. The molecule has 0 saturated carbocycles. The van der Waals surface area contributed by atoms with Crippen molar-refractivity contribution in [1.29, 1.82) is 0 Å².